The van der Waals surface area contributed by atoms with Crippen LogP contribution < -0.4 is 5.11 Å². The Morgan fingerprint density at radius 1 is 1.31 bits per heavy atom. The van der Waals surface area contributed by atoms with Crippen LogP contribution in [0.25, 0.3) is 0 Å². The second-order valence-corrected chi connectivity index (χ2v) is 3.83. The van der Waals surface area contributed by atoms with Crippen molar-refractivity contribution >= 4 is 5.97 Å². The Morgan fingerprint density at radius 3 is 2.31 bits per heavy atom. The third kappa shape index (κ3) is 2.58. The van der Waals surface area contributed by atoms with Crippen molar-refractivity contribution in [3.63, 3.8) is 0 Å². The van der Waals surface area contributed by atoms with Crippen molar-refractivity contribution in [2.45, 2.75) is 20.3 Å². The minimum absolute atomic E-state index is 0.510. The van der Waals surface area contributed by atoms with Gasteiger partial charge in [0.1, 0.15) is 0 Å². The Hall–Kier alpha value is -1.31. The van der Waals surface area contributed by atoms with Gasteiger partial charge in [-0.15, -0.1) is 0 Å². The minimum atomic E-state index is -1.00. The average molecular weight is 177 g/mol. The number of rotatable bonds is 3. The van der Waals surface area contributed by atoms with Crippen LogP contribution in [0.1, 0.15) is 19.4 Å². The third-order valence-electron chi connectivity index (χ3n) is 2.04. The largest absolute Gasteiger partial charge is 0.550 e. The molecular formula is C11H13O2-. The lowest BCUT2D eigenvalue weighted by Crippen LogP contribution is -2.39. The Labute approximate surface area is 78.2 Å². The molecule has 0 bridgehead atoms. The van der Waals surface area contributed by atoms with E-state index in [2.05, 4.69) is 0 Å². The molecule has 1 aromatic rings. The minimum Gasteiger partial charge on any atom is -0.550 e. The van der Waals surface area contributed by atoms with Crippen LogP contribution in [0.4, 0.5) is 0 Å². The van der Waals surface area contributed by atoms with Gasteiger partial charge in [-0.3, -0.25) is 0 Å². The summed E-state index contributed by atoms with van der Waals surface area (Å²) < 4.78 is 0. The molecule has 13 heavy (non-hydrogen) atoms. The lowest BCUT2D eigenvalue weighted by molar-refractivity contribution is -0.317. The molecule has 0 aliphatic rings. The standard InChI is InChI=1S/C11H14O2/c1-11(2,10(12)13)8-9-6-4-3-5-7-9/h3-7H,8H2,1-2H3,(H,12,13)/p-1. The van der Waals surface area contributed by atoms with Gasteiger partial charge in [-0.25, -0.2) is 0 Å². The highest BCUT2D eigenvalue weighted by Crippen LogP contribution is 2.20. The number of aliphatic carboxylic acids is 1. The Kier molecular flexibility index (Phi) is 2.71. The molecule has 0 spiro atoms. The zero-order valence-corrected chi connectivity index (χ0v) is 7.91. The average Bonchev–Trinajstić information content (AvgIpc) is 2.05. The fraction of sp³-hybridized carbons (Fsp3) is 0.364. The zero-order chi connectivity index (χ0) is 9.90. The summed E-state index contributed by atoms with van der Waals surface area (Å²) in [6.45, 7) is 3.35. The van der Waals surface area contributed by atoms with Crippen molar-refractivity contribution in [3.8, 4) is 0 Å². The van der Waals surface area contributed by atoms with Crippen molar-refractivity contribution in [2.24, 2.45) is 5.41 Å². The fourth-order valence-electron chi connectivity index (χ4n) is 1.18. The van der Waals surface area contributed by atoms with Crippen molar-refractivity contribution < 1.29 is 9.90 Å². The van der Waals surface area contributed by atoms with Gasteiger partial charge in [0.25, 0.3) is 0 Å². The van der Waals surface area contributed by atoms with E-state index in [0.29, 0.717) is 6.42 Å². The summed E-state index contributed by atoms with van der Waals surface area (Å²) in [7, 11) is 0. The second kappa shape index (κ2) is 3.60. The van der Waals surface area contributed by atoms with Crippen LogP contribution in [0, 0.1) is 5.41 Å². The van der Waals surface area contributed by atoms with E-state index in [1.165, 1.54) is 0 Å². The molecule has 1 rings (SSSR count). The van der Waals surface area contributed by atoms with Crippen LogP contribution in [0.5, 0.6) is 0 Å². The topological polar surface area (TPSA) is 40.1 Å². The summed E-state index contributed by atoms with van der Waals surface area (Å²) in [5, 5.41) is 10.7. The van der Waals surface area contributed by atoms with Gasteiger partial charge in [-0.1, -0.05) is 44.2 Å². The molecular weight excluding hydrogens is 164 g/mol. The number of carboxylic acid groups (broad SMARTS) is 1. The Balaban J connectivity index is 2.75. The highest BCUT2D eigenvalue weighted by atomic mass is 16.4. The van der Waals surface area contributed by atoms with E-state index in [-0.39, 0.29) is 0 Å². The summed E-state index contributed by atoms with van der Waals surface area (Å²) in [6.07, 6.45) is 0.510. The smallest absolute Gasteiger partial charge is 0.0474 e. The number of carboxylic acids is 1. The van der Waals surface area contributed by atoms with E-state index in [9.17, 15) is 9.90 Å². The first-order valence-corrected chi connectivity index (χ1v) is 4.28. The molecule has 0 aliphatic carbocycles. The number of carbonyl (C=O) groups is 1. The van der Waals surface area contributed by atoms with Crippen molar-refractivity contribution in [1.29, 1.82) is 0 Å². The van der Waals surface area contributed by atoms with Crippen molar-refractivity contribution in [2.75, 3.05) is 0 Å². The van der Waals surface area contributed by atoms with E-state index in [1.807, 2.05) is 30.3 Å². The van der Waals surface area contributed by atoms with Gasteiger partial charge in [0.2, 0.25) is 0 Å². The molecule has 70 valence electrons. The normalized spacial score (nSPS) is 11.2. The lowest BCUT2D eigenvalue weighted by Gasteiger charge is -2.25. The third-order valence-corrected chi connectivity index (χ3v) is 2.04. The number of hydrogen-bond acceptors (Lipinski definition) is 2. The Morgan fingerprint density at radius 2 is 1.85 bits per heavy atom. The molecule has 2 heteroatoms. The van der Waals surface area contributed by atoms with E-state index in [0.717, 1.165) is 5.56 Å². The highest BCUT2D eigenvalue weighted by Gasteiger charge is 2.19. The maximum absolute atomic E-state index is 10.7. The van der Waals surface area contributed by atoms with Gasteiger partial charge in [-0.2, -0.15) is 0 Å². The molecule has 1 aromatic carbocycles. The van der Waals surface area contributed by atoms with E-state index in [4.69, 9.17) is 0 Å². The predicted octanol–water partition coefficient (Wildman–Crippen LogP) is 1.01. The van der Waals surface area contributed by atoms with Crippen molar-refractivity contribution in [1.82, 2.24) is 0 Å². The van der Waals surface area contributed by atoms with E-state index < -0.39 is 11.4 Å². The van der Waals surface area contributed by atoms with Crippen LogP contribution in [0.3, 0.4) is 0 Å². The SMILES string of the molecule is CC(C)(Cc1ccccc1)C(=O)[O-]. The van der Waals surface area contributed by atoms with Crippen LogP contribution in [-0.2, 0) is 11.2 Å². The summed E-state index contributed by atoms with van der Waals surface area (Å²) in [5.41, 5.74) is 0.234. The summed E-state index contributed by atoms with van der Waals surface area (Å²) in [5.74, 6) is -1.00. The predicted molar refractivity (Wildman–Crippen MR) is 48.9 cm³/mol. The fourth-order valence-corrected chi connectivity index (χ4v) is 1.18. The maximum Gasteiger partial charge on any atom is 0.0474 e. The van der Waals surface area contributed by atoms with Crippen LogP contribution in [0.15, 0.2) is 30.3 Å². The zero-order valence-electron chi connectivity index (χ0n) is 7.91. The second-order valence-electron chi connectivity index (χ2n) is 3.83. The van der Waals surface area contributed by atoms with Gasteiger partial charge in [0, 0.05) is 11.4 Å². The van der Waals surface area contributed by atoms with E-state index >= 15 is 0 Å². The monoisotopic (exact) mass is 177 g/mol. The first kappa shape index (κ1) is 9.78. The van der Waals surface area contributed by atoms with Crippen LogP contribution >= 0.6 is 0 Å². The Bertz CT molecular complexity index is 288. The van der Waals surface area contributed by atoms with Crippen LogP contribution in [-0.4, -0.2) is 5.97 Å². The highest BCUT2D eigenvalue weighted by molar-refractivity contribution is 5.71. The summed E-state index contributed by atoms with van der Waals surface area (Å²) in [6, 6.07) is 9.56. The molecule has 0 N–H and O–H groups in total. The molecule has 0 radical (unpaired) electrons. The summed E-state index contributed by atoms with van der Waals surface area (Å²) in [4.78, 5) is 10.7. The molecule has 0 saturated heterocycles. The lowest BCUT2D eigenvalue weighted by atomic mass is 9.86. The molecule has 0 fully saturated rings. The molecule has 0 atom stereocenters. The first-order chi connectivity index (χ1) is 6.02. The molecule has 2 nitrogen and oxygen atoms in total. The molecule has 0 aliphatic heterocycles. The summed E-state index contributed by atoms with van der Waals surface area (Å²) >= 11 is 0. The van der Waals surface area contributed by atoms with Gasteiger partial charge in [-0.05, 0) is 12.0 Å². The van der Waals surface area contributed by atoms with Crippen LogP contribution in [0.2, 0.25) is 0 Å². The molecule has 0 unspecified atom stereocenters. The molecule has 0 amide bonds. The molecule has 0 saturated carbocycles. The van der Waals surface area contributed by atoms with Gasteiger partial charge >= 0.3 is 0 Å². The number of benzene rings is 1. The maximum atomic E-state index is 10.7. The number of hydrogen-bond donors (Lipinski definition) is 0. The van der Waals surface area contributed by atoms with Gasteiger partial charge < -0.3 is 9.90 Å². The quantitative estimate of drug-likeness (QED) is 0.691. The molecule has 0 heterocycles. The first-order valence-electron chi connectivity index (χ1n) is 4.28. The van der Waals surface area contributed by atoms with E-state index in [1.54, 1.807) is 13.8 Å². The van der Waals surface area contributed by atoms with Crippen molar-refractivity contribution in [3.05, 3.63) is 35.9 Å². The number of carbonyl (C=O) groups excluding carboxylic acids is 1. The van der Waals surface area contributed by atoms with Gasteiger partial charge in [0.05, 0.1) is 0 Å². The van der Waals surface area contributed by atoms with Gasteiger partial charge in [0.15, 0.2) is 0 Å². The molecule has 0 aromatic heterocycles.